The lowest BCUT2D eigenvalue weighted by Crippen LogP contribution is -2.57. The third-order valence-corrected chi connectivity index (χ3v) is 4.14. The number of aromatic nitrogens is 1. The van der Waals surface area contributed by atoms with E-state index in [1.165, 1.54) is 5.56 Å². The number of nitrogens with one attached hydrogen (secondary N) is 1. The van der Waals surface area contributed by atoms with E-state index in [1.54, 1.807) is 0 Å². The zero-order chi connectivity index (χ0) is 13.1. The van der Waals surface area contributed by atoms with Crippen LogP contribution in [0.1, 0.15) is 39.3 Å². The molecule has 3 unspecified atom stereocenters. The molecule has 1 saturated heterocycles. The molecule has 1 aliphatic heterocycles. The zero-order valence-corrected chi connectivity index (χ0v) is 11.9. The summed E-state index contributed by atoms with van der Waals surface area (Å²) in [6, 6.07) is 5.91. The van der Waals surface area contributed by atoms with Gasteiger partial charge in [-0.05, 0) is 37.5 Å². The third-order valence-electron chi connectivity index (χ3n) is 4.14. The van der Waals surface area contributed by atoms with Crippen molar-refractivity contribution in [3.8, 4) is 0 Å². The van der Waals surface area contributed by atoms with Crippen LogP contribution in [0.3, 0.4) is 0 Å². The number of nitrogens with zero attached hydrogens (tertiary/aromatic N) is 2. The van der Waals surface area contributed by atoms with Crippen LogP contribution in [0.25, 0.3) is 0 Å². The maximum absolute atomic E-state index is 4.10. The Balaban J connectivity index is 2.10. The Morgan fingerprint density at radius 2 is 1.94 bits per heavy atom. The lowest BCUT2D eigenvalue weighted by Gasteiger charge is -2.43. The van der Waals surface area contributed by atoms with Crippen LogP contribution in [0.5, 0.6) is 0 Å². The molecule has 0 spiro atoms. The fourth-order valence-corrected chi connectivity index (χ4v) is 2.73. The van der Waals surface area contributed by atoms with Crippen LogP contribution >= 0.6 is 0 Å². The van der Waals surface area contributed by atoms with Crippen molar-refractivity contribution in [2.75, 3.05) is 13.1 Å². The predicted octanol–water partition coefficient (Wildman–Crippen LogP) is 2.46. The average molecular weight is 247 g/mol. The maximum Gasteiger partial charge on any atom is 0.0325 e. The molecule has 3 atom stereocenters. The summed E-state index contributed by atoms with van der Waals surface area (Å²) in [4.78, 5) is 6.71. The molecule has 1 aromatic heterocycles. The first-order chi connectivity index (χ1) is 8.59. The molecule has 100 valence electrons. The molecule has 3 heteroatoms. The summed E-state index contributed by atoms with van der Waals surface area (Å²) in [6.07, 6.45) is 3.78. The minimum Gasteiger partial charge on any atom is -0.311 e. The van der Waals surface area contributed by atoms with Crippen molar-refractivity contribution in [3.05, 3.63) is 30.1 Å². The average Bonchev–Trinajstić information content (AvgIpc) is 2.39. The van der Waals surface area contributed by atoms with E-state index in [9.17, 15) is 0 Å². The Bertz CT molecular complexity index is 363. The van der Waals surface area contributed by atoms with Gasteiger partial charge in [-0.3, -0.25) is 9.88 Å². The molecule has 0 aliphatic carbocycles. The number of hydrogen-bond donors (Lipinski definition) is 1. The topological polar surface area (TPSA) is 28.2 Å². The maximum atomic E-state index is 4.10. The fourth-order valence-electron chi connectivity index (χ4n) is 2.73. The Hall–Kier alpha value is -0.930. The van der Waals surface area contributed by atoms with Gasteiger partial charge in [-0.2, -0.15) is 0 Å². The molecule has 1 aliphatic rings. The van der Waals surface area contributed by atoms with Gasteiger partial charge in [-0.15, -0.1) is 0 Å². The number of rotatable bonds is 3. The van der Waals surface area contributed by atoms with Crippen LogP contribution < -0.4 is 5.32 Å². The SMILES string of the molecule is CC(C)C1CN(C(C)c2ccncc2)C(C)CN1. The lowest BCUT2D eigenvalue weighted by molar-refractivity contribution is 0.0852. The second kappa shape index (κ2) is 5.81. The summed E-state index contributed by atoms with van der Waals surface area (Å²) in [5.74, 6) is 0.685. The molecule has 0 saturated carbocycles. The van der Waals surface area contributed by atoms with Gasteiger partial charge >= 0.3 is 0 Å². The van der Waals surface area contributed by atoms with Gasteiger partial charge in [0.05, 0.1) is 0 Å². The Labute approximate surface area is 111 Å². The molecule has 2 heterocycles. The van der Waals surface area contributed by atoms with E-state index in [1.807, 2.05) is 12.4 Å². The van der Waals surface area contributed by atoms with Crippen LogP contribution in [0.4, 0.5) is 0 Å². The minimum absolute atomic E-state index is 0.464. The fraction of sp³-hybridized carbons (Fsp3) is 0.667. The molecule has 1 N–H and O–H groups in total. The van der Waals surface area contributed by atoms with Crippen LogP contribution in [0.2, 0.25) is 0 Å². The number of hydrogen-bond acceptors (Lipinski definition) is 3. The number of pyridine rings is 1. The highest BCUT2D eigenvalue weighted by atomic mass is 15.2. The Kier molecular flexibility index (Phi) is 4.36. The summed E-state index contributed by atoms with van der Waals surface area (Å²) in [5, 5.41) is 3.65. The summed E-state index contributed by atoms with van der Waals surface area (Å²) >= 11 is 0. The van der Waals surface area contributed by atoms with Crippen molar-refractivity contribution in [1.29, 1.82) is 0 Å². The van der Waals surface area contributed by atoms with Crippen molar-refractivity contribution in [2.45, 2.75) is 45.8 Å². The van der Waals surface area contributed by atoms with E-state index in [2.05, 4.69) is 55.0 Å². The molecule has 2 rings (SSSR count). The molecule has 0 aromatic carbocycles. The van der Waals surface area contributed by atoms with Crippen molar-refractivity contribution >= 4 is 0 Å². The normalized spacial score (nSPS) is 27.4. The van der Waals surface area contributed by atoms with Gasteiger partial charge in [0.1, 0.15) is 0 Å². The van der Waals surface area contributed by atoms with Gasteiger partial charge in [0.2, 0.25) is 0 Å². The first kappa shape index (κ1) is 13.5. The molecule has 1 fully saturated rings. The van der Waals surface area contributed by atoms with Crippen LogP contribution in [-0.4, -0.2) is 35.1 Å². The molecule has 0 bridgehead atoms. The second-order valence-electron chi connectivity index (χ2n) is 5.76. The van der Waals surface area contributed by atoms with E-state index >= 15 is 0 Å². The highest BCUT2D eigenvalue weighted by molar-refractivity contribution is 5.15. The van der Waals surface area contributed by atoms with Crippen molar-refractivity contribution < 1.29 is 0 Å². The van der Waals surface area contributed by atoms with Crippen molar-refractivity contribution in [2.24, 2.45) is 5.92 Å². The first-order valence-corrected chi connectivity index (χ1v) is 6.98. The molecule has 0 radical (unpaired) electrons. The molecule has 3 nitrogen and oxygen atoms in total. The first-order valence-electron chi connectivity index (χ1n) is 6.98. The van der Waals surface area contributed by atoms with E-state index in [0.29, 0.717) is 24.0 Å². The van der Waals surface area contributed by atoms with Gasteiger partial charge in [-0.1, -0.05) is 13.8 Å². The molecule has 18 heavy (non-hydrogen) atoms. The Morgan fingerprint density at radius 1 is 1.28 bits per heavy atom. The summed E-state index contributed by atoms with van der Waals surface area (Å²) in [5.41, 5.74) is 1.36. The minimum atomic E-state index is 0.464. The second-order valence-corrected chi connectivity index (χ2v) is 5.76. The zero-order valence-electron chi connectivity index (χ0n) is 11.9. The summed E-state index contributed by atoms with van der Waals surface area (Å²) in [6.45, 7) is 11.4. The highest BCUT2D eigenvalue weighted by Gasteiger charge is 2.30. The largest absolute Gasteiger partial charge is 0.311 e. The van der Waals surface area contributed by atoms with Gasteiger partial charge in [0.25, 0.3) is 0 Å². The van der Waals surface area contributed by atoms with E-state index in [-0.39, 0.29) is 0 Å². The molecule has 1 aromatic rings. The molecular formula is C15H25N3. The smallest absolute Gasteiger partial charge is 0.0325 e. The van der Waals surface area contributed by atoms with Gasteiger partial charge in [-0.25, -0.2) is 0 Å². The third kappa shape index (κ3) is 2.90. The van der Waals surface area contributed by atoms with Crippen molar-refractivity contribution in [1.82, 2.24) is 15.2 Å². The highest BCUT2D eigenvalue weighted by Crippen LogP contribution is 2.25. The standard InChI is InChI=1S/C15H25N3/c1-11(2)15-10-18(12(3)9-17-15)13(4)14-5-7-16-8-6-14/h5-8,11-13,15,17H,9-10H2,1-4H3. The lowest BCUT2D eigenvalue weighted by atomic mass is 9.97. The summed E-state index contributed by atoms with van der Waals surface area (Å²) in [7, 11) is 0. The summed E-state index contributed by atoms with van der Waals surface area (Å²) < 4.78 is 0. The Morgan fingerprint density at radius 3 is 2.56 bits per heavy atom. The van der Waals surface area contributed by atoms with Crippen LogP contribution in [0.15, 0.2) is 24.5 Å². The molecular weight excluding hydrogens is 222 g/mol. The number of piperazine rings is 1. The van der Waals surface area contributed by atoms with E-state index in [0.717, 1.165) is 13.1 Å². The van der Waals surface area contributed by atoms with Crippen molar-refractivity contribution in [3.63, 3.8) is 0 Å². The molecule has 0 amide bonds. The van der Waals surface area contributed by atoms with E-state index < -0.39 is 0 Å². The predicted molar refractivity (Wildman–Crippen MR) is 75.4 cm³/mol. The van der Waals surface area contributed by atoms with E-state index in [4.69, 9.17) is 0 Å². The van der Waals surface area contributed by atoms with Gasteiger partial charge in [0, 0.05) is 43.6 Å². The monoisotopic (exact) mass is 247 g/mol. The van der Waals surface area contributed by atoms with Gasteiger partial charge < -0.3 is 5.32 Å². The quantitative estimate of drug-likeness (QED) is 0.889. The van der Waals surface area contributed by atoms with Crippen LogP contribution in [0, 0.1) is 5.92 Å². The van der Waals surface area contributed by atoms with Gasteiger partial charge in [0.15, 0.2) is 0 Å². The van der Waals surface area contributed by atoms with Crippen LogP contribution in [-0.2, 0) is 0 Å².